The van der Waals surface area contributed by atoms with Gasteiger partial charge in [-0.05, 0) is 54.6 Å². The third kappa shape index (κ3) is 3.68. The van der Waals surface area contributed by atoms with Crippen LogP contribution < -0.4 is 10.1 Å². The number of hydrogen-bond donors (Lipinski definition) is 1. The van der Waals surface area contributed by atoms with Crippen molar-refractivity contribution in [1.29, 1.82) is 0 Å². The average molecular weight is 380 g/mol. The molecular weight excluding hydrogens is 356 g/mol. The van der Waals surface area contributed by atoms with Crippen molar-refractivity contribution in [3.05, 3.63) is 53.7 Å². The monoisotopic (exact) mass is 380 g/mol. The summed E-state index contributed by atoms with van der Waals surface area (Å²) in [6, 6.07) is 11.6. The SMILES string of the molecule is COc1ccccc1[C@@H](CNC(=O)c1cccn2nnnc12)N1CCCCC1. The number of methoxy groups -OCH3 is 1. The molecule has 0 spiro atoms. The van der Waals surface area contributed by atoms with E-state index in [0.717, 1.165) is 24.4 Å². The Balaban J connectivity index is 1.57. The summed E-state index contributed by atoms with van der Waals surface area (Å²) in [6.07, 6.45) is 5.31. The van der Waals surface area contributed by atoms with Gasteiger partial charge in [0.2, 0.25) is 0 Å². The second-order valence-corrected chi connectivity index (χ2v) is 6.93. The first-order valence-corrected chi connectivity index (χ1v) is 9.60. The largest absolute Gasteiger partial charge is 0.496 e. The maximum atomic E-state index is 12.9. The maximum Gasteiger partial charge on any atom is 0.255 e. The Labute approximate surface area is 163 Å². The molecule has 1 N–H and O–H groups in total. The van der Waals surface area contributed by atoms with Crippen molar-refractivity contribution in [3.63, 3.8) is 0 Å². The van der Waals surface area contributed by atoms with Crippen molar-refractivity contribution in [2.24, 2.45) is 0 Å². The van der Waals surface area contributed by atoms with Gasteiger partial charge in [-0.25, -0.2) is 0 Å². The summed E-state index contributed by atoms with van der Waals surface area (Å²) in [7, 11) is 1.68. The summed E-state index contributed by atoms with van der Waals surface area (Å²) >= 11 is 0. The summed E-state index contributed by atoms with van der Waals surface area (Å²) in [5, 5.41) is 14.5. The van der Waals surface area contributed by atoms with Crippen LogP contribution in [0.1, 0.15) is 41.2 Å². The van der Waals surface area contributed by atoms with E-state index in [0.29, 0.717) is 17.8 Å². The number of fused-ring (bicyclic) bond motifs is 1. The Hall–Kier alpha value is -3.00. The highest BCUT2D eigenvalue weighted by molar-refractivity contribution is 5.99. The van der Waals surface area contributed by atoms with E-state index in [1.807, 2.05) is 18.2 Å². The Morgan fingerprint density at radius 1 is 1.18 bits per heavy atom. The van der Waals surface area contributed by atoms with Gasteiger partial charge in [-0.2, -0.15) is 4.52 Å². The zero-order valence-corrected chi connectivity index (χ0v) is 15.9. The van der Waals surface area contributed by atoms with Crippen LogP contribution in [0, 0.1) is 0 Å². The fourth-order valence-electron chi connectivity index (χ4n) is 3.84. The number of carbonyl (C=O) groups is 1. The van der Waals surface area contributed by atoms with E-state index in [1.165, 1.54) is 23.8 Å². The van der Waals surface area contributed by atoms with Gasteiger partial charge in [-0.15, -0.1) is 5.10 Å². The van der Waals surface area contributed by atoms with E-state index in [2.05, 4.69) is 31.8 Å². The normalized spacial score (nSPS) is 16.0. The third-order valence-electron chi connectivity index (χ3n) is 5.25. The molecule has 2 aromatic heterocycles. The summed E-state index contributed by atoms with van der Waals surface area (Å²) in [6.45, 7) is 2.52. The van der Waals surface area contributed by atoms with Crippen molar-refractivity contribution in [2.75, 3.05) is 26.7 Å². The number of pyridine rings is 1. The van der Waals surface area contributed by atoms with Gasteiger partial charge in [0.25, 0.3) is 5.91 Å². The average Bonchev–Trinajstić information content (AvgIpc) is 3.24. The fraction of sp³-hybridized carbons (Fsp3) is 0.400. The molecule has 1 saturated heterocycles. The Morgan fingerprint density at radius 2 is 2.00 bits per heavy atom. The molecule has 0 saturated carbocycles. The lowest BCUT2D eigenvalue weighted by molar-refractivity contribution is 0.0924. The molecule has 146 valence electrons. The van der Waals surface area contributed by atoms with Crippen molar-refractivity contribution >= 4 is 11.6 Å². The first-order valence-electron chi connectivity index (χ1n) is 9.60. The van der Waals surface area contributed by atoms with Crippen molar-refractivity contribution in [3.8, 4) is 5.75 Å². The number of piperidine rings is 1. The molecule has 3 heterocycles. The van der Waals surface area contributed by atoms with Gasteiger partial charge in [0.1, 0.15) is 5.75 Å². The van der Waals surface area contributed by atoms with E-state index in [1.54, 1.807) is 25.4 Å². The first kappa shape index (κ1) is 18.4. The van der Waals surface area contributed by atoms with Crippen molar-refractivity contribution in [2.45, 2.75) is 25.3 Å². The molecule has 28 heavy (non-hydrogen) atoms. The molecule has 1 fully saturated rings. The molecule has 1 aromatic carbocycles. The fourth-order valence-corrected chi connectivity index (χ4v) is 3.84. The summed E-state index contributed by atoms with van der Waals surface area (Å²) in [5.41, 5.74) is 2.01. The van der Waals surface area contributed by atoms with Crippen LogP contribution in [0.5, 0.6) is 5.75 Å². The minimum absolute atomic E-state index is 0.0520. The molecule has 0 unspecified atom stereocenters. The number of nitrogens with one attached hydrogen (secondary N) is 1. The number of hydrogen-bond acceptors (Lipinski definition) is 6. The quantitative estimate of drug-likeness (QED) is 0.705. The number of amides is 1. The van der Waals surface area contributed by atoms with Crippen LogP contribution in [0.2, 0.25) is 0 Å². The van der Waals surface area contributed by atoms with Crippen LogP contribution in [-0.4, -0.2) is 57.6 Å². The number of ether oxygens (including phenoxy) is 1. The zero-order valence-electron chi connectivity index (χ0n) is 15.9. The number of likely N-dealkylation sites (tertiary alicyclic amines) is 1. The molecule has 8 heteroatoms. The lowest BCUT2D eigenvalue weighted by atomic mass is 10.0. The van der Waals surface area contributed by atoms with Gasteiger partial charge in [-0.1, -0.05) is 24.6 Å². The molecule has 1 amide bonds. The number of benzene rings is 1. The van der Waals surface area contributed by atoms with Crippen LogP contribution in [0.3, 0.4) is 0 Å². The van der Waals surface area contributed by atoms with E-state index in [9.17, 15) is 4.79 Å². The second kappa shape index (κ2) is 8.35. The Kier molecular flexibility index (Phi) is 5.48. The van der Waals surface area contributed by atoms with Gasteiger partial charge in [0.05, 0.1) is 18.7 Å². The zero-order chi connectivity index (χ0) is 19.3. The van der Waals surface area contributed by atoms with Crippen LogP contribution in [0.15, 0.2) is 42.6 Å². The van der Waals surface area contributed by atoms with Gasteiger partial charge in [0, 0.05) is 18.3 Å². The highest BCUT2D eigenvalue weighted by Gasteiger charge is 2.26. The second-order valence-electron chi connectivity index (χ2n) is 6.93. The highest BCUT2D eigenvalue weighted by atomic mass is 16.5. The summed E-state index contributed by atoms with van der Waals surface area (Å²) < 4.78 is 7.08. The minimum Gasteiger partial charge on any atom is -0.496 e. The van der Waals surface area contributed by atoms with Crippen LogP contribution in [0.25, 0.3) is 5.65 Å². The van der Waals surface area contributed by atoms with E-state index < -0.39 is 0 Å². The van der Waals surface area contributed by atoms with E-state index in [4.69, 9.17) is 4.74 Å². The topological polar surface area (TPSA) is 84.6 Å². The molecule has 1 aliphatic rings. The maximum absolute atomic E-state index is 12.9. The van der Waals surface area contributed by atoms with Crippen molar-refractivity contribution in [1.82, 2.24) is 30.3 Å². The smallest absolute Gasteiger partial charge is 0.255 e. The number of carbonyl (C=O) groups excluding carboxylic acids is 1. The number of rotatable bonds is 6. The van der Waals surface area contributed by atoms with Gasteiger partial charge in [0.15, 0.2) is 5.65 Å². The van der Waals surface area contributed by atoms with Gasteiger partial charge in [-0.3, -0.25) is 9.69 Å². The first-order chi connectivity index (χ1) is 13.8. The molecule has 4 rings (SSSR count). The number of para-hydroxylation sites is 1. The number of nitrogens with zero attached hydrogens (tertiary/aromatic N) is 5. The van der Waals surface area contributed by atoms with Crippen LogP contribution in [-0.2, 0) is 0 Å². The van der Waals surface area contributed by atoms with Gasteiger partial charge < -0.3 is 10.1 Å². The minimum atomic E-state index is -0.183. The number of aromatic nitrogens is 4. The van der Waals surface area contributed by atoms with Crippen LogP contribution in [0.4, 0.5) is 0 Å². The van der Waals surface area contributed by atoms with Gasteiger partial charge >= 0.3 is 0 Å². The molecule has 0 bridgehead atoms. The molecule has 3 aromatic rings. The standard InChI is InChI=1S/C20H24N6O2/c1-28-18-10-4-3-8-15(18)17(25-11-5-2-6-12-25)14-21-20(27)16-9-7-13-26-19(16)22-23-24-26/h3-4,7-10,13,17H,2,5-6,11-12,14H2,1H3,(H,21,27)/t17-/m1/s1. The summed E-state index contributed by atoms with van der Waals surface area (Å²) in [4.78, 5) is 15.3. The highest BCUT2D eigenvalue weighted by Crippen LogP contribution is 2.31. The predicted molar refractivity (Wildman–Crippen MR) is 104 cm³/mol. The van der Waals surface area contributed by atoms with E-state index in [-0.39, 0.29) is 11.9 Å². The molecular formula is C20H24N6O2. The molecule has 0 aliphatic carbocycles. The lowest BCUT2D eigenvalue weighted by Crippen LogP contribution is -2.40. The van der Waals surface area contributed by atoms with Crippen molar-refractivity contribution < 1.29 is 9.53 Å². The van der Waals surface area contributed by atoms with Crippen LogP contribution >= 0.6 is 0 Å². The predicted octanol–water partition coefficient (Wildman–Crippen LogP) is 2.09. The molecule has 1 atom stereocenters. The lowest BCUT2D eigenvalue weighted by Gasteiger charge is -2.35. The Morgan fingerprint density at radius 3 is 2.82 bits per heavy atom. The Bertz CT molecular complexity index is 951. The molecule has 8 nitrogen and oxygen atoms in total. The number of tetrazole rings is 1. The van der Waals surface area contributed by atoms with E-state index >= 15 is 0 Å². The molecule has 0 radical (unpaired) electrons. The summed E-state index contributed by atoms with van der Waals surface area (Å²) in [5.74, 6) is 0.661. The third-order valence-corrected chi connectivity index (χ3v) is 5.25. The molecule has 1 aliphatic heterocycles.